The highest BCUT2D eigenvalue weighted by molar-refractivity contribution is 6.31. The van der Waals surface area contributed by atoms with Crippen LogP contribution in [0.25, 0.3) is 0 Å². The van der Waals surface area contributed by atoms with Gasteiger partial charge < -0.3 is 0 Å². The van der Waals surface area contributed by atoms with Gasteiger partial charge in [0.1, 0.15) is 0 Å². The van der Waals surface area contributed by atoms with Crippen molar-refractivity contribution in [3.05, 3.63) is 16.4 Å². The Morgan fingerprint density at radius 2 is 1.85 bits per heavy atom. The molecule has 3 nitrogen and oxygen atoms in total. The van der Waals surface area contributed by atoms with Crippen molar-refractivity contribution in [2.45, 2.75) is 76.5 Å². The van der Waals surface area contributed by atoms with Crippen LogP contribution in [0.2, 0.25) is 5.02 Å². The molecule has 0 N–H and O–H groups in total. The summed E-state index contributed by atoms with van der Waals surface area (Å²) in [5, 5.41) is 5.87. The molecule has 0 radical (unpaired) electrons. The molecule has 2 atom stereocenters. The Bertz CT molecular complexity index is 472. The molecule has 0 amide bonds. The topological polar surface area (TPSA) is 21.1 Å². The minimum absolute atomic E-state index is 0.363. The molecule has 0 aliphatic carbocycles. The van der Waals surface area contributed by atoms with Gasteiger partial charge in [-0.2, -0.15) is 5.10 Å². The number of aryl methyl sites for hydroxylation is 2. The first-order valence-corrected chi connectivity index (χ1v) is 8.59. The van der Waals surface area contributed by atoms with Crippen LogP contribution in [0.15, 0.2) is 0 Å². The highest BCUT2D eigenvalue weighted by atomic mass is 35.5. The second-order valence-electron chi connectivity index (χ2n) is 6.00. The van der Waals surface area contributed by atoms with Crippen molar-refractivity contribution in [2.75, 3.05) is 0 Å². The SMILES string of the molecule is CCc1nn(CC)c(CN2C3CCC2CC(Cl)C3)c1Cl. The first kappa shape index (κ1) is 14.7. The maximum absolute atomic E-state index is 6.54. The normalized spacial score (nSPS) is 30.1. The predicted octanol–water partition coefficient (Wildman–Crippen LogP) is 3.85. The van der Waals surface area contributed by atoms with Gasteiger partial charge in [-0.05, 0) is 39.0 Å². The van der Waals surface area contributed by atoms with Gasteiger partial charge in [0.15, 0.2) is 0 Å². The van der Waals surface area contributed by atoms with Crippen LogP contribution in [0.4, 0.5) is 0 Å². The maximum atomic E-state index is 6.54. The summed E-state index contributed by atoms with van der Waals surface area (Å²) in [6, 6.07) is 1.27. The monoisotopic (exact) mass is 315 g/mol. The number of fused-ring (bicyclic) bond motifs is 2. The molecule has 3 rings (SSSR count). The molecule has 3 heterocycles. The first-order valence-electron chi connectivity index (χ1n) is 7.77. The number of hydrogen-bond donors (Lipinski definition) is 0. The summed E-state index contributed by atoms with van der Waals surface area (Å²) < 4.78 is 2.08. The Kier molecular flexibility index (Phi) is 4.30. The lowest BCUT2D eigenvalue weighted by molar-refractivity contribution is 0.130. The molecule has 2 saturated heterocycles. The molecule has 2 unspecified atom stereocenters. The number of piperidine rings is 1. The average molecular weight is 316 g/mol. The maximum Gasteiger partial charge on any atom is 0.0863 e. The fourth-order valence-corrected chi connectivity index (χ4v) is 4.55. The quantitative estimate of drug-likeness (QED) is 0.787. The van der Waals surface area contributed by atoms with Gasteiger partial charge in [-0.3, -0.25) is 9.58 Å². The summed E-state index contributed by atoms with van der Waals surface area (Å²) in [4.78, 5) is 2.62. The molecule has 2 aliphatic heterocycles. The Morgan fingerprint density at radius 1 is 1.20 bits per heavy atom. The number of nitrogens with zero attached hydrogens (tertiary/aromatic N) is 3. The standard InChI is InChI=1S/C15H23Cl2N3/c1-3-13-15(17)14(20(4-2)18-13)9-19-11-5-6-12(19)8-10(16)7-11/h10-12H,3-9H2,1-2H3. The average Bonchev–Trinajstić information content (AvgIpc) is 2.86. The van der Waals surface area contributed by atoms with Crippen LogP contribution in [0.5, 0.6) is 0 Å². The minimum Gasteiger partial charge on any atom is -0.291 e. The number of hydrogen-bond acceptors (Lipinski definition) is 2. The van der Waals surface area contributed by atoms with Crippen LogP contribution in [0, 0.1) is 0 Å². The van der Waals surface area contributed by atoms with E-state index in [0.29, 0.717) is 17.5 Å². The largest absolute Gasteiger partial charge is 0.291 e. The minimum atomic E-state index is 0.363. The Hall–Kier alpha value is -0.250. The summed E-state index contributed by atoms with van der Waals surface area (Å²) in [7, 11) is 0. The Morgan fingerprint density at radius 3 is 2.40 bits per heavy atom. The van der Waals surface area contributed by atoms with E-state index in [1.807, 2.05) is 0 Å². The van der Waals surface area contributed by atoms with Crippen LogP contribution in [0.3, 0.4) is 0 Å². The van der Waals surface area contributed by atoms with Gasteiger partial charge in [-0.1, -0.05) is 18.5 Å². The van der Waals surface area contributed by atoms with Gasteiger partial charge in [-0.25, -0.2) is 0 Å². The summed E-state index contributed by atoms with van der Waals surface area (Å²) in [6.45, 7) is 6.06. The van der Waals surface area contributed by atoms with Gasteiger partial charge in [0.05, 0.1) is 16.4 Å². The molecular weight excluding hydrogens is 293 g/mol. The summed E-state index contributed by atoms with van der Waals surface area (Å²) >= 11 is 12.9. The van der Waals surface area contributed by atoms with Gasteiger partial charge in [-0.15, -0.1) is 11.6 Å². The zero-order valence-electron chi connectivity index (χ0n) is 12.3. The van der Waals surface area contributed by atoms with Crippen molar-refractivity contribution in [3.8, 4) is 0 Å². The summed E-state index contributed by atoms with van der Waals surface area (Å²) in [5.41, 5.74) is 2.22. The molecular formula is C15H23Cl2N3. The van der Waals surface area contributed by atoms with Crippen LogP contribution in [-0.2, 0) is 19.5 Å². The molecule has 20 heavy (non-hydrogen) atoms. The Balaban J connectivity index is 1.83. The van der Waals surface area contributed by atoms with Crippen molar-refractivity contribution < 1.29 is 0 Å². The van der Waals surface area contributed by atoms with E-state index in [1.54, 1.807) is 0 Å². The van der Waals surface area contributed by atoms with Gasteiger partial charge >= 0.3 is 0 Å². The molecule has 0 aromatic carbocycles. The van der Waals surface area contributed by atoms with Gasteiger partial charge in [0.2, 0.25) is 0 Å². The molecule has 2 fully saturated rings. The lowest BCUT2D eigenvalue weighted by Crippen LogP contribution is -2.43. The first-order chi connectivity index (χ1) is 9.63. The molecule has 1 aromatic heterocycles. The van der Waals surface area contributed by atoms with Crippen LogP contribution < -0.4 is 0 Å². The van der Waals surface area contributed by atoms with E-state index in [2.05, 4.69) is 28.5 Å². The molecule has 2 aliphatic rings. The van der Waals surface area contributed by atoms with E-state index in [1.165, 1.54) is 18.5 Å². The van der Waals surface area contributed by atoms with E-state index < -0.39 is 0 Å². The predicted molar refractivity (Wildman–Crippen MR) is 83.5 cm³/mol. The van der Waals surface area contributed by atoms with E-state index in [4.69, 9.17) is 23.2 Å². The molecule has 1 aromatic rings. The van der Waals surface area contributed by atoms with Crippen LogP contribution in [0.1, 0.15) is 50.9 Å². The molecule has 0 spiro atoms. The molecule has 2 bridgehead atoms. The third-order valence-corrected chi connectivity index (χ3v) is 5.65. The highest BCUT2D eigenvalue weighted by Gasteiger charge is 2.40. The molecule has 0 saturated carbocycles. The van der Waals surface area contributed by atoms with E-state index in [0.717, 1.165) is 43.1 Å². The van der Waals surface area contributed by atoms with Crippen LogP contribution >= 0.6 is 23.2 Å². The zero-order valence-corrected chi connectivity index (χ0v) is 13.8. The second kappa shape index (κ2) is 5.86. The number of rotatable bonds is 4. The molecule has 112 valence electrons. The zero-order chi connectivity index (χ0) is 14.3. The van der Waals surface area contributed by atoms with E-state index >= 15 is 0 Å². The number of alkyl halides is 1. The smallest absolute Gasteiger partial charge is 0.0863 e. The number of aromatic nitrogens is 2. The highest BCUT2D eigenvalue weighted by Crippen LogP contribution is 2.39. The van der Waals surface area contributed by atoms with Crippen LogP contribution in [-0.4, -0.2) is 32.1 Å². The molecule has 5 heteroatoms. The third kappa shape index (κ3) is 2.49. The van der Waals surface area contributed by atoms with Crippen molar-refractivity contribution in [1.29, 1.82) is 0 Å². The lowest BCUT2D eigenvalue weighted by Gasteiger charge is -2.37. The van der Waals surface area contributed by atoms with Gasteiger partial charge in [0, 0.05) is 30.6 Å². The van der Waals surface area contributed by atoms with Crippen molar-refractivity contribution >= 4 is 23.2 Å². The van der Waals surface area contributed by atoms with Crippen molar-refractivity contribution in [1.82, 2.24) is 14.7 Å². The lowest BCUT2D eigenvalue weighted by atomic mass is 10.0. The second-order valence-corrected chi connectivity index (χ2v) is 7.00. The number of halogens is 2. The fourth-order valence-electron chi connectivity index (χ4n) is 3.81. The van der Waals surface area contributed by atoms with E-state index in [9.17, 15) is 0 Å². The third-order valence-electron chi connectivity index (χ3n) is 4.85. The van der Waals surface area contributed by atoms with Crippen molar-refractivity contribution in [2.24, 2.45) is 0 Å². The summed E-state index contributed by atoms with van der Waals surface area (Å²) in [5.74, 6) is 0. The van der Waals surface area contributed by atoms with E-state index in [-0.39, 0.29) is 0 Å². The van der Waals surface area contributed by atoms with Gasteiger partial charge in [0.25, 0.3) is 0 Å². The van der Waals surface area contributed by atoms with Crippen molar-refractivity contribution in [3.63, 3.8) is 0 Å². The fraction of sp³-hybridized carbons (Fsp3) is 0.800. The Labute approximate surface area is 131 Å². The summed E-state index contributed by atoms with van der Waals surface area (Å²) in [6.07, 6.45) is 5.71.